The second-order valence-corrected chi connectivity index (χ2v) is 12.4. The molecule has 6 rings (SSSR count). The Kier molecular flexibility index (Phi) is 6.09. The van der Waals surface area contributed by atoms with Gasteiger partial charge in [-0.2, -0.15) is 0 Å². The van der Waals surface area contributed by atoms with Crippen LogP contribution < -0.4 is 10.6 Å². The van der Waals surface area contributed by atoms with Crippen LogP contribution in [-0.2, 0) is 9.59 Å². The zero-order valence-corrected chi connectivity index (χ0v) is 21.4. The van der Waals surface area contributed by atoms with E-state index in [1.54, 1.807) is 0 Å². The van der Waals surface area contributed by atoms with Crippen LogP contribution in [0.3, 0.4) is 0 Å². The highest BCUT2D eigenvalue weighted by atomic mass is 79.9. The summed E-state index contributed by atoms with van der Waals surface area (Å²) in [5.74, 6) is 0.783. The molecule has 1 saturated heterocycles. The largest absolute Gasteiger partial charge is 0.353 e. The normalized spacial score (nSPS) is 35.6. The number of halogens is 1. The fourth-order valence-corrected chi connectivity index (χ4v) is 7.85. The number of carbonyl (C=O) groups excluding carboxylic acids is 2. The first kappa shape index (κ1) is 22.8. The number of nitrogens with one attached hydrogen (secondary N) is 2. The third kappa shape index (κ3) is 4.15. The monoisotopic (exact) mass is 525 g/mol. The van der Waals surface area contributed by atoms with Crippen molar-refractivity contribution >= 4 is 33.4 Å². The maximum Gasteiger partial charge on any atom is 0.228 e. The number of likely N-dealkylation sites (tertiary alicyclic amines) is 1. The van der Waals surface area contributed by atoms with Crippen molar-refractivity contribution in [1.82, 2.24) is 10.2 Å². The lowest BCUT2D eigenvalue weighted by molar-refractivity contribution is -0.133. The Bertz CT molecular complexity index is 958. The highest BCUT2D eigenvalue weighted by molar-refractivity contribution is 9.10. The van der Waals surface area contributed by atoms with Crippen LogP contribution in [0.4, 0.5) is 5.69 Å². The van der Waals surface area contributed by atoms with E-state index in [0.717, 1.165) is 41.8 Å². The summed E-state index contributed by atoms with van der Waals surface area (Å²) in [4.78, 5) is 29.8. The highest BCUT2D eigenvalue weighted by Crippen LogP contribution is 2.72. The van der Waals surface area contributed by atoms with E-state index < -0.39 is 0 Å². The number of benzene rings is 1. The van der Waals surface area contributed by atoms with Crippen LogP contribution in [-0.4, -0.2) is 42.4 Å². The third-order valence-corrected chi connectivity index (χ3v) is 10.00. The first-order valence-electron chi connectivity index (χ1n) is 13.3. The number of amides is 2. The van der Waals surface area contributed by atoms with Gasteiger partial charge < -0.3 is 15.5 Å². The van der Waals surface area contributed by atoms with Crippen molar-refractivity contribution in [3.63, 3.8) is 0 Å². The summed E-state index contributed by atoms with van der Waals surface area (Å²) in [5, 5.41) is 6.52. The summed E-state index contributed by atoms with van der Waals surface area (Å²) in [6, 6.07) is 7.95. The Morgan fingerprint density at radius 1 is 0.912 bits per heavy atom. The molecule has 4 aliphatic carbocycles. The third-order valence-electron chi connectivity index (χ3n) is 9.47. The number of rotatable bonds is 6. The number of nitrogens with zero attached hydrogens (tertiary/aromatic N) is 1. The minimum absolute atomic E-state index is 0.0000752. The van der Waals surface area contributed by atoms with Crippen LogP contribution >= 0.6 is 15.9 Å². The van der Waals surface area contributed by atoms with E-state index in [1.165, 1.54) is 45.3 Å². The molecule has 2 bridgehead atoms. The molecule has 5 aliphatic rings. The fourth-order valence-electron chi connectivity index (χ4n) is 7.59. The minimum Gasteiger partial charge on any atom is -0.353 e. The Balaban J connectivity index is 1.10. The van der Waals surface area contributed by atoms with E-state index >= 15 is 0 Å². The number of anilines is 1. The highest BCUT2D eigenvalue weighted by Gasteiger charge is 2.69. The van der Waals surface area contributed by atoms with Gasteiger partial charge >= 0.3 is 0 Å². The molecule has 2 amide bonds. The van der Waals surface area contributed by atoms with Gasteiger partial charge in [-0.1, -0.05) is 28.1 Å². The van der Waals surface area contributed by atoms with Crippen LogP contribution in [0.2, 0.25) is 0 Å². The maximum absolute atomic E-state index is 13.7. The van der Waals surface area contributed by atoms with E-state index in [4.69, 9.17) is 0 Å². The lowest BCUT2D eigenvalue weighted by Gasteiger charge is -2.33. The molecule has 1 aromatic carbocycles. The predicted octanol–water partition coefficient (Wildman–Crippen LogP) is 4.99. The van der Waals surface area contributed by atoms with E-state index in [0.29, 0.717) is 0 Å². The van der Waals surface area contributed by atoms with Gasteiger partial charge in [-0.05, 0) is 112 Å². The standard InChI is InChI=1S/C28H36BrN3O2/c29-19-5-9-21(10-6-19)31-27(34)25-23-12-11-22(28(23)13-14-28)24(25)26(33)30-20-7-3-18(4-8-20)17-32-15-1-2-16-32/h5-6,9-12,18,20,22-25H,1-4,7-8,13-17H2,(H,30,33)(H,31,34)/t18?,20?,22-,23+,24-,25-/m1/s1. The Morgan fingerprint density at radius 3 is 2.15 bits per heavy atom. The molecule has 1 heterocycles. The zero-order valence-electron chi connectivity index (χ0n) is 19.8. The molecule has 182 valence electrons. The zero-order chi connectivity index (χ0) is 23.3. The molecule has 1 aliphatic heterocycles. The van der Waals surface area contributed by atoms with E-state index in [2.05, 4.69) is 43.6 Å². The van der Waals surface area contributed by atoms with Gasteiger partial charge in [0.15, 0.2) is 0 Å². The predicted molar refractivity (Wildman–Crippen MR) is 137 cm³/mol. The Morgan fingerprint density at radius 2 is 1.53 bits per heavy atom. The molecule has 0 unspecified atom stereocenters. The van der Waals surface area contributed by atoms with Gasteiger partial charge in [0.1, 0.15) is 0 Å². The number of hydrogen-bond donors (Lipinski definition) is 2. The van der Waals surface area contributed by atoms with Crippen LogP contribution in [0.5, 0.6) is 0 Å². The average Bonchev–Trinajstić information content (AvgIpc) is 3.20. The van der Waals surface area contributed by atoms with Crippen molar-refractivity contribution in [2.45, 2.75) is 57.4 Å². The molecule has 34 heavy (non-hydrogen) atoms. The quantitative estimate of drug-likeness (QED) is 0.514. The smallest absolute Gasteiger partial charge is 0.228 e. The topological polar surface area (TPSA) is 61.4 Å². The van der Waals surface area contributed by atoms with Gasteiger partial charge in [-0.3, -0.25) is 9.59 Å². The van der Waals surface area contributed by atoms with Gasteiger partial charge in [0.25, 0.3) is 0 Å². The van der Waals surface area contributed by atoms with Crippen LogP contribution in [0.15, 0.2) is 40.9 Å². The molecule has 0 aromatic heterocycles. The van der Waals surface area contributed by atoms with Crippen molar-refractivity contribution < 1.29 is 9.59 Å². The number of allylic oxidation sites excluding steroid dienone is 2. The Hall–Kier alpha value is -1.66. The number of carbonyl (C=O) groups is 2. The number of hydrogen-bond acceptors (Lipinski definition) is 3. The maximum atomic E-state index is 13.7. The molecule has 1 aromatic rings. The molecule has 4 atom stereocenters. The fraction of sp³-hybridized carbons (Fsp3) is 0.643. The van der Waals surface area contributed by atoms with Gasteiger partial charge in [0.2, 0.25) is 11.8 Å². The Labute approximate surface area is 211 Å². The van der Waals surface area contributed by atoms with Crippen molar-refractivity contribution in [2.75, 3.05) is 25.0 Å². The van der Waals surface area contributed by atoms with E-state index in [-0.39, 0.29) is 46.9 Å². The summed E-state index contributed by atoms with van der Waals surface area (Å²) < 4.78 is 0.984. The summed E-state index contributed by atoms with van der Waals surface area (Å²) in [5.41, 5.74) is 0.956. The molecule has 2 N–H and O–H groups in total. The lowest BCUT2D eigenvalue weighted by Crippen LogP contribution is -2.46. The van der Waals surface area contributed by atoms with Crippen molar-refractivity contribution in [3.8, 4) is 0 Å². The average molecular weight is 527 g/mol. The van der Waals surface area contributed by atoms with Gasteiger partial charge in [0, 0.05) is 22.7 Å². The minimum atomic E-state index is -0.271. The summed E-state index contributed by atoms with van der Waals surface area (Å²) in [6.45, 7) is 3.76. The summed E-state index contributed by atoms with van der Waals surface area (Å²) in [6.07, 6.45) is 14.0. The van der Waals surface area contributed by atoms with Crippen molar-refractivity contribution in [1.29, 1.82) is 0 Å². The van der Waals surface area contributed by atoms with E-state index in [9.17, 15) is 9.59 Å². The molecule has 5 nitrogen and oxygen atoms in total. The van der Waals surface area contributed by atoms with Crippen LogP contribution in [0.25, 0.3) is 0 Å². The molecule has 3 saturated carbocycles. The van der Waals surface area contributed by atoms with Gasteiger partial charge in [0.05, 0.1) is 11.8 Å². The van der Waals surface area contributed by atoms with Crippen LogP contribution in [0, 0.1) is 35.0 Å². The molecule has 0 radical (unpaired) electrons. The second kappa shape index (κ2) is 9.09. The van der Waals surface area contributed by atoms with Gasteiger partial charge in [-0.15, -0.1) is 0 Å². The second-order valence-electron chi connectivity index (χ2n) is 11.5. The molecule has 4 fully saturated rings. The molecular formula is C28H36BrN3O2. The molecule has 1 spiro atoms. The first-order valence-corrected chi connectivity index (χ1v) is 14.1. The summed E-state index contributed by atoms with van der Waals surface area (Å²) in [7, 11) is 0. The molecule has 6 heteroatoms. The SMILES string of the molecule is O=C(NC1CCC(CN2CCCC2)CC1)[C@H]1[C@H](C(=O)Nc2ccc(Br)cc2)[C@@H]2C=C[C@H]1C21CC1. The first-order chi connectivity index (χ1) is 16.5. The van der Waals surface area contributed by atoms with Crippen molar-refractivity contribution in [3.05, 3.63) is 40.9 Å². The van der Waals surface area contributed by atoms with Gasteiger partial charge in [-0.25, -0.2) is 0 Å². The van der Waals surface area contributed by atoms with E-state index in [1.807, 2.05) is 24.3 Å². The van der Waals surface area contributed by atoms with Crippen LogP contribution in [0.1, 0.15) is 51.4 Å². The summed E-state index contributed by atoms with van der Waals surface area (Å²) >= 11 is 3.45. The lowest BCUT2D eigenvalue weighted by atomic mass is 9.80. The molecular weight excluding hydrogens is 490 g/mol. The van der Waals surface area contributed by atoms with Crippen molar-refractivity contribution in [2.24, 2.45) is 35.0 Å².